The fourth-order valence-electron chi connectivity index (χ4n) is 1.50. The molecule has 1 rings (SSSR count). The second kappa shape index (κ2) is 5.81. The molecule has 0 heterocycles. The van der Waals surface area contributed by atoms with Gasteiger partial charge < -0.3 is 10.6 Å². The Morgan fingerprint density at radius 2 is 1.89 bits per heavy atom. The Labute approximate surface area is 118 Å². The summed E-state index contributed by atoms with van der Waals surface area (Å²) in [5, 5.41) is 6.79. The van der Waals surface area contributed by atoms with Crippen LogP contribution in [0.5, 0.6) is 0 Å². The van der Waals surface area contributed by atoms with Crippen LogP contribution in [0.3, 0.4) is 0 Å². The lowest BCUT2D eigenvalue weighted by molar-refractivity contribution is 0.229. The highest BCUT2D eigenvalue weighted by atomic mass is 35.5. The lowest BCUT2D eigenvalue weighted by Gasteiger charge is -2.23. The van der Waals surface area contributed by atoms with Crippen LogP contribution in [0.2, 0.25) is 10.0 Å². The van der Waals surface area contributed by atoms with E-state index in [2.05, 4.69) is 10.6 Å². The monoisotopic (exact) mass is 288 g/mol. The summed E-state index contributed by atoms with van der Waals surface area (Å²) in [6, 6.07) is 4.83. The fourth-order valence-corrected chi connectivity index (χ4v) is 2.08. The second-order valence-electron chi connectivity index (χ2n) is 5.24. The van der Waals surface area contributed by atoms with E-state index in [1.54, 1.807) is 12.1 Å². The molecule has 18 heavy (non-hydrogen) atoms. The summed E-state index contributed by atoms with van der Waals surface area (Å²) in [5.41, 5.74) is 0.568. The molecule has 1 aromatic rings. The van der Waals surface area contributed by atoms with Crippen molar-refractivity contribution in [2.24, 2.45) is 0 Å². The van der Waals surface area contributed by atoms with Gasteiger partial charge in [-0.1, -0.05) is 29.3 Å². The predicted octanol–water partition coefficient (Wildman–Crippen LogP) is 4.15. The van der Waals surface area contributed by atoms with E-state index in [0.29, 0.717) is 10.0 Å². The molecule has 2 amide bonds. The second-order valence-corrected chi connectivity index (χ2v) is 6.08. The largest absolute Gasteiger partial charge is 0.334 e. The molecule has 0 bridgehead atoms. The highest BCUT2D eigenvalue weighted by Gasteiger charge is 2.17. The maximum absolute atomic E-state index is 11.7. The first-order valence-electron chi connectivity index (χ1n) is 5.72. The van der Waals surface area contributed by atoms with Crippen molar-refractivity contribution in [2.75, 3.05) is 0 Å². The van der Waals surface area contributed by atoms with E-state index in [1.807, 2.05) is 33.8 Å². The van der Waals surface area contributed by atoms with Gasteiger partial charge in [0.1, 0.15) is 0 Å². The van der Waals surface area contributed by atoms with Gasteiger partial charge in [-0.25, -0.2) is 4.79 Å². The van der Waals surface area contributed by atoms with Crippen molar-refractivity contribution in [2.45, 2.75) is 39.3 Å². The van der Waals surface area contributed by atoms with Gasteiger partial charge in [0.25, 0.3) is 0 Å². The Hall–Kier alpha value is -0.930. The topological polar surface area (TPSA) is 41.1 Å². The molecular weight excluding hydrogens is 271 g/mol. The fraction of sp³-hybridized carbons (Fsp3) is 0.462. The molecule has 0 saturated carbocycles. The molecule has 1 atom stereocenters. The van der Waals surface area contributed by atoms with Crippen LogP contribution in [0.15, 0.2) is 18.2 Å². The molecule has 100 valence electrons. The summed E-state index contributed by atoms with van der Waals surface area (Å²) in [7, 11) is 0. The molecule has 0 aliphatic rings. The number of halogens is 2. The number of amides is 2. The van der Waals surface area contributed by atoms with Crippen molar-refractivity contribution in [3.63, 3.8) is 0 Å². The molecule has 0 aromatic heterocycles. The normalized spacial score (nSPS) is 13.0. The average Bonchev–Trinajstić information content (AvgIpc) is 2.13. The van der Waals surface area contributed by atoms with Gasteiger partial charge in [0.15, 0.2) is 0 Å². The van der Waals surface area contributed by atoms with Crippen LogP contribution in [0, 0.1) is 0 Å². The van der Waals surface area contributed by atoms with Crippen LogP contribution in [-0.2, 0) is 0 Å². The number of rotatable bonds is 2. The van der Waals surface area contributed by atoms with Gasteiger partial charge in [-0.05, 0) is 45.4 Å². The van der Waals surface area contributed by atoms with Gasteiger partial charge >= 0.3 is 6.03 Å². The Morgan fingerprint density at radius 3 is 2.39 bits per heavy atom. The van der Waals surface area contributed by atoms with Gasteiger partial charge in [0, 0.05) is 15.6 Å². The lowest BCUT2D eigenvalue weighted by atomic mass is 10.1. The Kier molecular flexibility index (Phi) is 4.88. The Balaban J connectivity index is 2.71. The van der Waals surface area contributed by atoms with Crippen LogP contribution in [0.1, 0.15) is 39.3 Å². The van der Waals surface area contributed by atoms with E-state index in [-0.39, 0.29) is 17.6 Å². The van der Waals surface area contributed by atoms with Crippen LogP contribution in [-0.4, -0.2) is 11.6 Å². The summed E-state index contributed by atoms with van der Waals surface area (Å²) in [4.78, 5) is 11.7. The zero-order valence-corrected chi connectivity index (χ0v) is 12.5. The van der Waals surface area contributed by atoms with Crippen LogP contribution < -0.4 is 10.6 Å². The molecule has 5 heteroatoms. The van der Waals surface area contributed by atoms with E-state index < -0.39 is 0 Å². The summed E-state index contributed by atoms with van der Waals surface area (Å²) in [6.07, 6.45) is 0. The number of hydrogen-bond donors (Lipinski definition) is 2. The summed E-state index contributed by atoms with van der Waals surface area (Å²) < 4.78 is 0. The number of nitrogens with one attached hydrogen (secondary N) is 2. The molecular formula is C13H18Cl2N2O. The summed E-state index contributed by atoms with van der Waals surface area (Å²) in [6.45, 7) is 7.64. The molecule has 0 aliphatic carbocycles. The SMILES string of the molecule is C[C@H](NC(=O)NC(C)(C)C)c1ccc(Cl)cc1Cl. The minimum absolute atomic E-state index is 0.183. The van der Waals surface area contributed by atoms with Crippen molar-refractivity contribution in [3.05, 3.63) is 33.8 Å². The van der Waals surface area contributed by atoms with Crippen LogP contribution in [0.4, 0.5) is 4.79 Å². The minimum atomic E-state index is -0.270. The van der Waals surface area contributed by atoms with Crippen LogP contribution in [0.25, 0.3) is 0 Å². The number of carbonyl (C=O) groups is 1. The number of urea groups is 1. The van der Waals surface area contributed by atoms with Gasteiger partial charge in [-0.15, -0.1) is 0 Å². The molecule has 0 unspecified atom stereocenters. The maximum atomic E-state index is 11.7. The first-order chi connectivity index (χ1) is 8.19. The van der Waals surface area contributed by atoms with Crippen molar-refractivity contribution in [3.8, 4) is 0 Å². The summed E-state index contributed by atoms with van der Waals surface area (Å²) >= 11 is 11.9. The average molecular weight is 289 g/mol. The van der Waals surface area contributed by atoms with Gasteiger partial charge in [-0.3, -0.25) is 0 Å². The van der Waals surface area contributed by atoms with Crippen molar-refractivity contribution >= 4 is 29.2 Å². The first-order valence-corrected chi connectivity index (χ1v) is 6.48. The van der Waals surface area contributed by atoms with E-state index in [1.165, 1.54) is 0 Å². The smallest absolute Gasteiger partial charge is 0.315 e. The molecule has 0 aliphatic heterocycles. The molecule has 0 radical (unpaired) electrons. The van der Waals surface area contributed by atoms with E-state index in [0.717, 1.165) is 5.56 Å². The highest BCUT2D eigenvalue weighted by molar-refractivity contribution is 6.35. The molecule has 2 N–H and O–H groups in total. The van der Waals surface area contributed by atoms with E-state index in [4.69, 9.17) is 23.2 Å². The number of carbonyl (C=O) groups excluding carboxylic acids is 1. The number of hydrogen-bond acceptors (Lipinski definition) is 1. The van der Waals surface area contributed by atoms with Gasteiger partial charge in [0.2, 0.25) is 0 Å². The van der Waals surface area contributed by atoms with E-state index in [9.17, 15) is 4.79 Å². The molecule has 0 fully saturated rings. The maximum Gasteiger partial charge on any atom is 0.315 e. The molecule has 1 aromatic carbocycles. The molecule has 0 spiro atoms. The third-order valence-electron chi connectivity index (χ3n) is 2.27. The Morgan fingerprint density at radius 1 is 1.28 bits per heavy atom. The standard InChI is InChI=1S/C13H18Cl2N2O/c1-8(16-12(18)17-13(2,3)4)10-6-5-9(14)7-11(10)15/h5-8H,1-4H3,(H2,16,17,18)/t8-/m0/s1. The molecule has 3 nitrogen and oxygen atoms in total. The van der Waals surface area contributed by atoms with Gasteiger partial charge in [-0.2, -0.15) is 0 Å². The van der Waals surface area contributed by atoms with E-state index >= 15 is 0 Å². The Bertz CT molecular complexity index is 441. The first kappa shape index (κ1) is 15.1. The van der Waals surface area contributed by atoms with Crippen molar-refractivity contribution in [1.82, 2.24) is 10.6 Å². The summed E-state index contributed by atoms with van der Waals surface area (Å²) in [5.74, 6) is 0. The van der Waals surface area contributed by atoms with Crippen molar-refractivity contribution < 1.29 is 4.79 Å². The number of benzene rings is 1. The van der Waals surface area contributed by atoms with Crippen molar-refractivity contribution in [1.29, 1.82) is 0 Å². The predicted molar refractivity (Wildman–Crippen MR) is 76.3 cm³/mol. The lowest BCUT2D eigenvalue weighted by Crippen LogP contribution is -2.47. The zero-order chi connectivity index (χ0) is 13.9. The zero-order valence-electron chi connectivity index (χ0n) is 11.0. The minimum Gasteiger partial charge on any atom is -0.334 e. The third kappa shape index (κ3) is 4.75. The quantitative estimate of drug-likeness (QED) is 0.843. The third-order valence-corrected chi connectivity index (χ3v) is 2.83. The van der Waals surface area contributed by atoms with Crippen LogP contribution >= 0.6 is 23.2 Å². The highest BCUT2D eigenvalue weighted by Crippen LogP contribution is 2.25. The van der Waals surface area contributed by atoms with Gasteiger partial charge in [0.05, 0.1) is 6.04 Å². The molecule has 0 saturated heterocycles.